The second kappa shape index (κ2) is 7.85. The minimum absolute atomic E-state index is 0.149. The normalized spacial score (nSPS) is 35.0. The number of rotatable bonds is 8. The summed E-state index contributed by atoms with van der Waals surface area (Å²) < 4.78 is 0. The number of allylic oxidation sites excluding steroid dienone is 2. The van der Waals surface area contributed by atoms with E-state index in [1.165, 1.54) is 42.5 Å². The fourth-order valence-corrected chi connectivity index (χ4v) is 7.60. The van der Waals surface area contributed by atoms with Gasteiger partial charge < -0.3 is 0 Å². The van der Waals surface area contributed by atoms with E-state index in [1.54, 1.807) is 6.92 Å². The first-order valence-corrected chi connectivity index (χ1v) is 11.5. The highest BCUT2D eigenvalue weighted by atomic mass is 32.2. The Kier molecular flexibility index (Phi) is 6.08. The van der Waals surface area contributed by atoms with Crippen LogP contribution in [0.1, 0.15) is 26.2 Å². The van der Waals surface area contributed by atoms with E-state index in [0.29, 0.717) is 5.57 Å². The SMILES string of the molecule is C=C(C)C(=O)SCCSCCSC1CC2C(C1)[C@H]1C=C[C@@H]2C1. The standard InChI is InChI=1S/C18H26OS3/c1-12(2)18(19)22-8-6-20-5-7-21-15-10-16-13-3-4-14(9-13)17(16)11-15/h3-4,13-17H,1,5-11H2,2H3/t13-,14+,15?,16?,17?. The predicted octanol–water partition coefficient (Wildman–Crippen LogP) is 4.89. The summed E-state index contributed by atoms with van der Waals surface area (Å²) in [7, 11) is 0. The average molecular weight is 355 g/mol. The van der Waals surface area contributed by atoms with Gasteiger partial charge in [-0.25, -0.2) is 0 Å². The third-order valence-corrected chi connectivity index (χ3v) is 9.08. The first-order valence-electron chi connectivity index (χ1n) is 8.35. The molecule has 2 fully saturated rings. The molecule has 0 radical (unpaired) electrons. The lowest BCUT2D eigenvalue weighted by Crippen LogP contribution is -2.12. The molecule has 3 aliphatic carbocycles. The molecule has 0 heterocycles. The first kappa shape index (κ1) is 17.0. The molecular formula is C18H26OS3. The second-order valence-electron chi connectivity index (χ2n) is 6.77. The van der Waals surface area contributed by atoms with Crippen molar-refractivity contribution < 1.29 is 4.79 Å². The molecule has 1 nitrogen and oxygen atoms in total. The van der Waals surface area contributed by atoms with Gasteiger partial charge in [0.25, 0.3) is 0 Å². The van der Waals surface area contributed by atoms with Gasteiger partial charge in [0.1, 0.15) is 0 Å². The maximum Gasteiger partial charge on any atom is 0.214 e. The van der Waals surface area contributed by atoms with Crippen LogP contribution in [0.4, 0.5) is 0 Å². The van der Waals surface area contributed by atoms with Gasteiger partial charge in [0.2, 0.25) is 5.12 Å². The molecule has 0 aliphatic heterocycles. The summed E-state index contributed by atoms with van der Waals surface area (Å²) in [6, 6.07) is 0. The van der Waals surface area contributed by atoms with Crippen LogP contribution in [-0.2, 0) is 4.79 Å². The summed E-state index contributed by atoms with van der Waals surface area (Å²) in [6.45, 7) is 5.47. The summed E-state index contributed by atoms with van der Waals surface area (Å²) in [5.41, 5.74) is 0.667. The van der Waals surface area contributed by atoms with Crippen molar-refractivity contribution in [2.24, 2.45) is 23.7 Å². The van der Waals surface area contributed by atoms with Crippen LogP contribution in [0.3, 0.4) is 0 Å². The molecule has 3 rings (SSSR count). The van der Waals surface area contributed by atoms with Crippen molar-refractivity contribution in [3.05, 3.63) is 24.3 Å². The lowest BCUT2D eigenvalue weighted by molar-refractivity contribution is -0.107. The molecule has 0 spiro atoms. The van der Waals surface area contributed by atoms with E-state index < -0.39 is 0 Å². The van der Waals surface area contributed by atoms with E-state index in [1.807, 2.05) is 11.8 Å². The molecule has 5 atom stereocenters. The molecule has 3 aliphatic rings. The molecule has 2 bridgehead atoms. The second-order valence-corrected chi connectivity index (χ2v) is 10.5. The molecule has 22 heavy (non-hydrogen) atoms. The number of carbonyl (C=O) groups is 1. The lowest BCUT2D eigenvalue weighted by atomic mass is 9.86. The first-order chi connectivity index (χ1) is 10.6. The lowest BCUT2D eigenvalue weighted by Gasteiger charge is -2.18. The van der Waals surface area contributed by atoms with Gasteiger partial charge in [-0.15, -0.1) is 0 Å². The Morgan fingerprint density at radius 3 is 2.32 bits per heavy atom. The molecule has 0 aromatic rings. The monoisotopic (exact) mass is 354 g/mol. The summed E-state index contributed by atoms with van der Waals surface area (Å²) >= 11 is 5.61. The van der Waals surface area contributed by atoms with Crippen LogP contribution in [0.5, 0.6) is 0 Å². The Labute approximate surface area is 147 Å². The molecule has 0 aromatic heterocycles. The maximum atomic E-state index is 11.4. The molecule has 2 saturated carbocycles. The van der Waals surface area contributed by atoms with Crippen molar-refractivity contribution in [2.75, 3.05) is 23.0 Å². The summed E-state index contributed by atoms with van der Waals surface area (Å²) in [5, 5.41) is 1.07. The highest BCUT2D eigenvalue weighted by Crippen LogP contribution is 2.57. The smallest absolute Gasteiger partial charge is 0.214 e. The minimum atomic E-state index is 0.149. The summed E-state index contributed by atoms with van der Waals surface area (Å²) in [4.78, 5) is 11.4. The van der Waals surface area contributed by atoms with E-state index in [2.05, 4.69) is 30.5 Å². The average Bonchev–Trinajstić information content (AvgIpc) is 3.18. The van der Waals surface area contributed by atoms with Crippen LogP contribution >= 0.6 is 35.3 Å². The van der Waals surface area contributed by atoms with Gasteiger partial charge in [0.15, 0.2) is 0 Å². The third-order valence-electron chi connectivity index (χ3n) is 5.26. The number of thioether (sulfide) groups is 3. The third kappa shape index (κ3) is 3.99. The fraction of sp³-hybridized carbons (Fsp3) is 0.722. The van der Waals surface area contributed by atoms with Crippen LogP contribution in [0, 0.1) is 23.7 Å². The van der Waals surface area contributed by atoms with E-state index in [9.17, 15) is 4.79 Å². The largest absolute Gasteiger partial charge is 0.282 e. The summed E-state index contributed by atoms with van der Waals surface area (Å²) in [6.07, 6.45) is 9.39. The van der Waals surface area contributed by atoms with Gasteiger partial charge in [0, 0.05) is 28.3 Å². The molecule has 0 saturated heterocycles. The van der Waals surface area contributed by atoms with Crippen molar-refractivity contribution in [1.82, 2.24) is 0 Å². The van der Waals surface area contributed by atoms with Crippen LogP contribution in [0.2, 0.25) is 0 Å². The van der Waals surface area contributed by atoms with Gasteiger partial charge >= 0.3 is 0 Å². The van der Waals surface area contributed by atoms with Crippen LogP contribution in [0.15, 0.2) is 24.3 Å². The molecule has 0 N–H and O–H groups in total. The number of carbonyl (C=O) groups excluding carboxylic acids is 1. The Morgan fingerprint density at radius 2 is 1.68 bits per heavy atom. The zero-order valence-electron chi connectivity index (χ0n) is 13.3. The van der Waals surface area contributed by atoms with E-state index in [4.69, 9.17) is 0 Å². The van der Waals surface area contributed by atoms with E-state index >= 15 is 0 Å². The zero-order valence-corrected chi connectivity index (χ0v) is 15.8. The highest BCUT2D eigenvalue weighted by molar-refractivity contribution is 8.14. The molecule has 3 unspecified atom stereocenters. The molecule has 0 aromatic carbocycles. The fourth-order valence-electron chi connectivity index (χ4n) is 4.26. The Morgan fingerprint density at radius 1 is 1.05 bits per heavy atom. The Hall–Kier alpha value is 0.200. The van der Waals surface area contributed by atoms with Gasteiger partial charge in [-0.3, -0.25) is 4.79 Å². The van der Waals surface area contributed by atoms with E-state index in [0.717, 1.165) is 40.4 Å². The van der Waals surface area contributed by atoms with Crippen LogP contribution in [-0.4, -0.2) is 33.4 Å². The van der Waals surface area contributed by atoms with Crippen molar-refractivity contribution in [3.8, 4) is 0 Å². The predicted molar refractivity (Wildman–Crippen MR) is 103 cm³/mol. The Bertz CT molecular complexity index is 439. The quantitative estimate of drug-likeness (QED) is 0.350. The molecule has 4 heteroatoms. The van der Waals surface area contributed by atoms with Gasteiger partial charge in [-0.2, -0.15) is 23.5 Å². The van der Waals surface area contributed by atoms with Gasteiger partial charge in [-0.05, 0) is 55.4 Å². The maximum absolute atomic E-state index is 11.4. The molecular weight excluding hydrogens is 328 g/mol. The van der Waals surface area contributed by atoms with Crippen molar-refractivity contribution in [3.63, 3.8) is 0 Å². The highest BCUT2D eigenvalue weighted by Gasteiger charge is 2.49. The number of fused-ring (bicyclic) bond motifs is 5. The molecule has 0 amide bonds. The van der Waals surface area contributed by atoms with E-state index in [-0.39, 0.29) is 5.12 Å². The van der Waals surface area contributed by atoms with Crippen molar-refractivity contribution in [1.29, 1.82) is 0 Å². The topological polar surface area (TPSA) is 17.1 Å². The van der Waals surface area contributed by atoms with Gasteiger partial charge in [0.05, 0.1) is 0 Å². The van der Waals surface area contributed by atoms with Crippen molar-refractivity contribution in [2.45, 2.75) is 31.4 Å². The number of hydrogen-bond donors (Lipinski definition) is 0. The summed E-state index contributed by atoms with van der Waals surface area (Å²) in [5.74, 6) is 8.39. The van der Waals surface area contributed by atoms with Crippen LogP contribution < -0.4 is 0 Å². The van der Waals surface area contributed by atoms with Crippen molar-refractivity contribution >= 4 is 40.4 Å². The van der Waals surface area contributed by atoms with Crippen LogP contribution in [0.25, 0.3) is 0 Å². The minimum Gasteiger partial charge on any atom is -0.282 e. The van der Waals surface area contributed by atoms with Gasteiger partial charge in [-0.1, -0.05) is 30.5 Å². The Balaban J connectivity index is 1.22. The zero-order chi connectivity index (χ0) is 15.5. The number of hydrogen-bond acceptors (Lipinski definition) is 4. The molecule has 122 valence electrons.